The molecule has 0 amide bonds. The monoisotopic (exact) mass is 339 g/mol. The van der Waals surface area contributed by atoms with Gasteiger partial charge in [0, 0.05) is 24.6 Å². The van der Waals surface area contributed by atoms with Gasteiger partial charge >= 0.3 is 0 Å². The van der Waals surface area contributed by atoms with Gasteiger partial charge in [0.15, 0.2) is 6.29 Å². The van der Waals surface area contributed by atoms with Crippen LogP contribution in [0.25, 0.3) is 11.4 Å². The molecule has 3 rings (SSSR count). The zero-order valence-electron chi connectivity index (χ0n) is 14.9. The van der Waals surface area contributed by atoms with Gasteiger partial charge in [0.05, 0.1) is 12.6 Å². The maximum absolute atomic E-state index is 11.2. The topological polar surface area (TPSA) is 90.1 Å². The van der Waals surface area contributed by atoms with E-state index in [4.69, 9.17) is 6.11 Å². The minimum atomic E-state index is -0.968. The largest absolute Gasteiger partial charge is 0.507 e. The Hall–Kier alpha value is -3.22. The first-order chi connectivity index (χ1) is 12.4. The number of carbonyl (C=O) groups excluding carboxylic acids is 1. The number of phenols is 1. The van der Waals surface area contributed by atoms with Crippen molar-refractivity contribution in [3.8, 4) is 22.9 Å². The zero-order chi connectivity index (χ0) is 18.7. The summed E-state index contributed by atoms with van der Waals surface area (Å²) in [5.74, 6) is 0.108. The molecular formula is C18H18N4O3. The molecule has 7 nitrogen and oxygen atoms in total. The predicted molar refractivity (Wildman–Crippen MR) is 91.5 cm³/mol. The lowest BCUT2D eigenvalue weighted by atomic mass is 10.2. The number of hydrogen-bond acceptors (Lipinski definition) is 6. The third-order valence-electron chi connectivity index (χ3n) is 3.61. The van der Waals surface area contributed by atoms with Gasteiger partial charge in [-0.05, 0) is 32.0 Å². The standard InChI is InChI=1S/C18H18N4O3/c1-12(2)22-15(6-7-21-22)18-14(19-8-9-20-18)11-25-17-5-3-4-16(24)13(17)10-23/h3-10,12,24H,11H2,1-2H3/i12D. The molecule has 0 radical (unpaired) electrons. The zero-order valence-corrected chi connectivity index (χ0v) is 13.9. The van der Waals surface area contributed by atoms with Crippen molar-refractivity contribution in [2.75, 3.05) is 0 Å². The van der Waals surface area contributed by atoms with Gasteiger partial charge in [0.25, 0.3) is 0 Å². The molecule has 0 saturated carbocycles. The van der Waals surface area contributed by atoms with Crippen LogP contribution in [0.2, 0.25) is 0 Å². The summed E-state index contributed by atoms with van der Waals surface area (Å²) in [6.45, 7) is 3.48. The molecule has 0 aliphatic heterocycles. The van der Waals surface area contributed by atoms with Gasteiger partial charge in [-0.3, -0.25) is 19.4 Å². The van der Waals surface area contributed by atoms with Gasteiger partial charge < -0.3 is 9.84 Å². The van der Waals surface area contributed by atoms with E-state index in [1.54, 1.807) is 49.1 Å². The second kappa shape index (κ2) is 7.12. The summed E-state index contributed by atoms with van der Waals surface area (Å²) in [7, 11) is 0. The number of benzene rings is 1. The Kier molecular flexibility index (Phi) is 4.37. The van der Waals surface area contributed by atoms with Gasteiger partial charge in [-0.25, -0.2) is 0 Å². The first-order valence-corrected chi connectivity index (χ1v) is 7.66. The number of aromatic nitrogens is 4. The molecule has 0 bridgehead atoms. The highest BCUT2D eigenvalue weighted by Gasteiger charge is 2.16. The van der Waals surface area contributed by atoms with Crippen LogP contribution in [0, 0.1) is 0 Å². The SMILES string of the molecule is [2H]C(C)(C)n1nccc1-c1nccnc1COc1cccc(O)c1C=O. The lowest BCUT2D eigenvalue weighted by molar-refractivity contribution is 0.111. The number of rotatable bonds is 6. The van der Waals surface area contributed by atoms with Crippen LogP contribution in [0.15, 0.2) is 42.9 Å². The highest BCUT2D eigenvalue weighted by molar-refractivity contribution is 5.83. The maximum atomic E-state index is 11.2. The van der Waals surface area contributed by atoms with E-state index in [0.29, 0.717) is 23.4 Å². The van der Waals surface area contributed by atoms with E-state index >= 15 is 0 Å². The van der Waals surface area contributed by atoms with E-state index in [1.807, 2.05) is 0 Å². The van der Waals surface area contributed by atoms with Crippen molar-refractivity contribution in [1.82, 2.24) is 19.7 Å². The van der Waals surface area contributed by atoms with Crippen LogP contribution in [0.3, 0.4) is 0 Å². The van der Waals surface area contributed by atoms with Crippen molar-refractivity contribution >= 4 is 6.29 Å². The molecular weight excluding hydrogens is 320 g/mol. The normalized spacial score (nSPS) is 11.8. The molecule has 3 aromatic rings. The van der Waals surface area contributed by atoms with Crippen molar-refractivity contribution in [2.24, 2.45) is 0 Å². The van der Waals surface area contributed by atoms with Crippen molar-refractivity contribution in [3.05, 3.63) is 54.1 Å². The number of nitrogens with zero attached hydrogens (tertiary/aromatic N) is 4. The summed E-state index contributed by atoms with van der Waals surface area (Å²) >= 11 is 0. The molecule has 0 fully saturated rings. The van der Waals surface area contributed by atoms with Crippen LogP contribution in [0.5, 0.6) is 11.5 Å². The molecule has 0 aliphatic rings. The molecule has 25 heavy (non-hydrogen) atoms. The Morgan fingerprint density at radius 2 is 2.08 bits per heavy atom. The van der Waals surface area contributed by atoms with E-state index in [0.717, 1.165) is 0 Å². The smallest absolute Gasteiger partial charge is 0.157 e. The molecule has 7 heteroatoms. The van der Waals surface area contributed by atoms with Gasteiger partial charge in [-0.1, -0.05) is 6.07 Å². The number of aldehydes is 1. The quantitative estimate of drug-likeness (QED) is 0.694. The molecule has 0 aliphatic carbocycles. The van der Waals surface area contributed by atoms with Gasteiger partial charge in [-0.2, -0.15) is 5.10 Å². The van der Waals surface area contributed by atoms with E-state index in [1.165, 1.54) is 12.3 Å². The molecule has 0 spiro atoms. The minimum absolute atomic E-state index is 0.0388. The highest BCUT2D eigenvalue weighted by Crippen LogP contribution is 2.27. The van der Waals surface area contributed by atoms with Crippen molar-refractivity contribution in [3.63, 3.8) is 0 Å². The molecule has 0 atom stereocenters. The number of aromatic hydroxyl groups is 1. The third-order valence-corrected chi connectivity index (χ3v) is 3.61. The third kappa shape index (κ3) is 3.35. The summed E-state index contributed by atoms with van der Waals surface area (Å²) in [5, 5.41) is 14.0. The van der Waals surface area contributed by atoms with E-state index in [2.05, 4.69) is 15.1 Å². The Morgan fingerprint density at radius 3 is 2.84 bits per heavy atom. The molecule has 0 unspecified atom stereocenters. The minimum Gasteiger partial charge on any atom is -0.507 e. The van der Waals surface area contributed by atoms with Crippen LogP contribution < -0.4 is 4.74 Å². The van der Waals surface area contributed by atoms with E-state index in [9.17, 15) is 9.90 Å². The van der Waals surface area contributed by atoms with Gasteiger partial charge in [0.1, 0.15) is 29.5 Å². The average Bonchev–Trinajstić information content (AvgIpc) is 3.10. The summed E-state index contributed by atoms with van der Waals surface area (Å²) in [5.41, 5.74) is 1.79. The molecule has 2 aromatic heterocycles. The number of hydrogen-bond donors (Lipinski definition) is 1. The summed E-state index contributed by atoms with van der Waals surface area (Å²) in [6, 6.07) is 5.39. The van der Waals surface area contributed by atoms with Crippen molar-refractivity contribution in [2.45, 2.75) is 26.5 Å². The fourth-order valence-electron chi connectivity index (χ4n) is 2.45. The first-order valence-electron chi connectivity index (χ1n) is 8.16. The Morgan fingerprint density at radius 1 is 1.28 bits per heavy atom. The fourth-order valence-corrected chi connectivity index (χ4v) is 2.45. The number of carbonyl (C=O) groups is 1. The lowest BCUT2D eigenvalue weighted by Crippen LogP contribution is -2.09. The van der Waals surface area contributed by atoms with E-state index < -0.39 is 6.02 Å². The Balaban J connectivity index is 1.94. The fraction of sp³-hybridized carbons (Fsp3) is 0.222. The van der Waals surface area contributed by atoms with Gasteiger partial charge in [-0.15, -0.1) is 0 Å². The second-order valence-corrected chi connectivity index (χ2v) is 5.52. The second-order valence-electron chi connectivity index (χ2n) is 5.52. The predicted octanol–water partition coefficient (Wildman–Crippen LogP) is 3.02. The molecule has 1 N–H and O–H groups in total. The summed E-state index contributed by atoms with van der Waals surface area (Å²) in [4.78, 5) is 19.8. The number of phenolic OH excluding ortho intramolecular Hbond substituents is 1. The molecule has 2 heterocycles. The maximum Gasteiger partial charge on any atom is 0.157 e. The Bertz CT molecular complexity index is 934. The van der Waals surface area contributed by atoms with Crippen LogP contribution in [-0.4, -0.2) is 31.1 Å². The van der Waals surface area contributed by atoms with Crippen LogP contribution in [0.1, 0.15) is 37.3 Å². The molecule has 1 aromatic carbocycles. The number of ether oxygens (including phenoxy) is 1. The highest BCUT2D eigenvalue weighted by atomic mass is 16.5. The van der Waals surface area contributed by atoms with E-state index in [-0.39, 0.29) is 23.7 Å². The van der Waals surface area contributed by atoms with Crippen LogP contribution >= 0.6 is 0 Å². The van der Waals surface area contributed by atoms with Crippen LogP contribution in [-0.2, 0) is 6.61 Å². The lowest BCUT2D eigenvalue weighted by Gasteiger charge is -2.14. The van der Waals surface area contributed by atoms with Crippen LogP contribution in [0.4, 0.5) is 0 Å². The molecule has 0 saturated heterocycles. The average molecular weight is 339 g/mol. The van der Waals surface area contributed by atoms with Crippen molar-refractivity contribution < 1.29 is 16.0 Å². The molecule has 128 valence electrons. The summed E-state index contributed by atoms with van der Waals surface area (Å²) in [6.07, 6.45) is 5.24. The first kappa shape index (κ1) is 15.3. The van der Waals surface area contributed by atoms with Gasteiger partial charge in [0.2, 0.25) is 0 Å². The van der Waals surface area contributed by atoms with Crippen molar-refractivity contribution in [1.29, 1.82) is 0 Å². The Labute approximate surface area is 146 Å². The summed E-state index contributed by atoms with van der Waals surface area (Å²) < 4.78 is 15.5.